The fourth-order valence-electron chi connectivity index (χ4n) is 3.65. The highest BCUT2D eigenvalue weighted by Crippen LogP contribution is 2.34. The molecule has 2 bridgehead atoms. The van der Waals surface area contributed by atoms with E-state index >= 15 is 0 Å². The lowest BCUT2D eigenvalue weighted by atomic mass is 9.87. The van der Waals surface area contributed by atoms with Gasteiger partial charge in [0.25, 0.3) is 0 Å². The Bertz CT molecular complexity index is 754. The number of piperidine rings is 1. The molecular weight excluding hydrogens is 286 g/mol. The van der Waals surface area contributed by atoms with E-state index in [1.165, 1.54) is 12.0 Å². The normalized spacial score (nSPS) is 23.2. The van der Waals surface area contributed by atoms with Gasteiger partial charge in [0.05, 0.1) is 11.6 Å². The minimum absolute atomic E-state index is 0.559. The van der Waals surface area contributed by atoms with Crippen LogP contribution >= 0.6 is 0 Å². The highest BCUT2D eigenvalue weighted by atomic mass is 15.4. The third-order valence-corrected chi connectivity index (χ3v) is 4.83. The summed E-state index contributed by atoms with van der Waals surface area (Å²) in [4.78, 5) is 13.8. The van der Waals surface area contributed by atoms with E-state index in [1.54, 1.807) is 0 Å². The molecule has 2 unspecified atom stereocenters. The summed E-state index contributed by atoms with van der Waals surface area (Å²) in [6, 6.07) is 13.2. The Morgan fingerprint density at radius 2 is 2.09 bits per heavy atom. The third-order valence-electron chi connectivity index (χ3n) is 4.83. The van der Waals surface area contributed by atoms with Crippen molar-refractivity contribution in [3.05, 3.63) is 53.3 Å². The van der Waals surface area contributed by atoms with Crippen LogP contribution in [0.25, 0.3) is 0 Å². The van der Waals surface area contributed by atoms with Gasteiger partial charge in [0, 0.05) is 43.6 Å². The summed E-state index contributed by atoms with van der Waals surface area (Å²) >= 11 is 0. The average molecular weight is 305 g/mol. The largest absolute Gasteiger partial charge is 0.338 e. The van der Waals surface area contributed by atoms with Gasteiger partial charge in [0.15, 0.2) is 0 Å². The first-order chi connectivity index (χ1) is 11.2. The zero-order valence-corrected chi connectivity index (χ0v) is 13.2. The quantitative estimate of drug-likeness (QED) is 0.869. The molecule has 3 aliphatic heterocycles. The predicted molar refractivity (Wildman–Crippen MR) is 87.9 cm³/mol. The second-order valence-electron chi connectivity index (χ2n) is 6.43. The number of nitrogens with zero attached hydrogens (tertiary/aromatic N) is 5. The highest BCUT2D eigenvalue weighted by molar-refractivity contribution is 5.36. The Morgan fingerprint density at radius 3 is 2.83 bits per heavy atom. The van der Waals surface area contributed by atoms with Crippen LogP contribution in [0.1, 0.15) is 23.2 Å². The van der Waals surface area contributed by atoms with Gasteiger partial charge in [0.1, 0.15) is 0 Å². The van der Waals surface area contributed by atoms with Gasteiger partial charge in [-0.15, -0.1) is 0 Å². The minimum Gasteiger partial charge on any atom is -0.338 e. The Hall–Kier alpha value is -2.45. The lowest BCUT2D eigenvalue weighted by Crippen LogP contribution is -2.68. The van der Waals surface area contributed by atoms with Gasteiger partial charge < -0.3 is 4.90 Å². The van der Waals surface area contributed by atoms with Crippen LogP contribution in [0.4, 0.5) is 5.95 Å². The fourth-order valence-corrected chi connectivity index (χ4v) is 3.65. The van der Waals surface area contributed by atoms with Crippen LogP contribution in [0.2, 0.25) is 0 Å². The molecule has 1 aromatic carbocycles. The molecule has 5 nitrogen and oxygen atoms in total. The van der Waals surface area contributed by atoms with Gasteiger partial charge in [0.2, 0.25) is 5.95 Å². The number of aromatic nitrogens is 2. The molecule has 0 amide bonds. The van der Waals surface area contributed by atoms with Crippen LogP contribution in [0.5, 0.6) is 0 Å². The van der Waals surface area contributed by atoms with Gasteiger partial charge in [-0.1, -0.05) is 12.1 Å². The van der Waals surface area contributed by atoms with Gasteiger partial charge >= 0.3 is 0 Å². The zero-order valence-electron chi connectivity index (χ0n) is 13.2. The van der Waals surface area contributed by atoms with E-state index in [0.29, 0.717) is 12.1 Å². The van der Waals surface area contributed by atoms with Crippen molar-refractivity contribution in [1.29, 1.82) is 5.26 Å². The van der Waals surface area contributed by atoms with Crippen LogP contribution in [0.15, 0.2) is 36.5 Å². The Kier molecular flexibility index (Phi) is 3.47. The summed E-state index contributed by atoms with van der Waals surface area (Å²) in [7, 11) is 0. The first-order valence-electron chi connectivity index (χ1n) is 8.02. The van der Waals surface area contributed by atoms with Crippen molar-refractivity contribution in [2.75, 3.05) is 18.0 Å². The number of benzene rings is 1. The standard InChI is InChI=1S/C18H19N5/c1-13-5-6-20-18(21-13)22-11-16-8-17(12-22)23(16)10-15-4-2-3-14(7-15)9-19/h2-7,16-17H,8,10-12H2,1H3. The molecule has 2 aromatic rings. The van der Waals surface area contributed by atoms with Crippen molar-refractivity contribution in [2.24, 2.45) is 0 Å². The van der Waals surface area contributed by atoms with Gasteiger partial charge in [-0.25, -0.2) is 9.97 Å². The van der Waals surface area contributed by atoms with Crippen molar-refractivity contribution in [2.45, 2.75) is 32.0 Å². The second kappa shape index (κ2) is 5.64. The van der Waals surface area contributed by atoms with Crippen LogP contribution < -0.4 is 4.90 Å². The number of piperazine rings is 1. The van der Waals surface area contributed by atoms with Crippen LogP contribution in [-0.2, 0) is 6.54 Å². The molecule has 0 N–H and O–H groups in total. The van der Waals surface area contributed by atoms with Gasteiger partial charge in [-0.2, -0.15) is 5.26 Å². The predicted octanol–water partition coefficient (Wildman–Crippen LogP) is 2.12. The van der Waals surface area contributed by atoms with E-state index in [0.717, 1.165) is 36.8 Å². The summed E-state index contributed by atoms with van der Waals surface area (Å²) in [5.74, 6) is 0.853. The molecule has 0 aliphatic carbocycles. The average Bonchev–Trinajstić information content (AvgIpc) is 2.60. The Labute approximate surface area is 136 Å². The zero-order chi connectivity index (χ0) is 15.8. The minimum atomic E-state index is 0.559. The maximum atomic E-state index is 9.03. The number of rotatable bonds is 3. The lowest BCUT2D eigenvalue weighted by Gasteiger charge is -2.56. The highest BCUT2D eigenvalue weighted by Gasteiger charge is 2.44. The van der Waals surface area contributed by atoms with Gasteiger partial charge in [-0.3, -0.25) is 4.90 Å². The van der Waals surface area contributed by atoms with Crippen molar-refractivity contribution in [3.8, 4) is 6.07 Å². The molecule has 3 saturated heterocycles. The van der Waals surface area contributed by atoms with E-state index < -0.39 is 0 Å². The topological polar surface area (TPSA) is 56.1 Å². The van der Waals surface area contributed by atoms with Crippen molar-refractivity contribution >= 4 is 5.95 Å². The summed E-state index contributed by atoms with van der Waals surface area (Å²) in [6.07, 6.45) is 3.09. The summed E-state index contributed by atoms with van der Waals surface area (Å²) < 4.78 is 0. The third kappa shape index (κ3) is 2.66. The smallest absolute Gasteiger partial charge is 0.225 e. The number of anilines is 1. The van der Waals surface area contributed by atoms with Crippen molar-refractivity contribution < 1.29 is 0 Å². The molecule has 0 radical (unpaired) electrons. The lowest BCUT2D eigenvalue weighted by molar-refractivity contribution is -0.00897. The molecule has 1 aromatic heterocycles. The number of hydrogen-bond acceptors (Lipinski definition) is 5. The molecular formula is C18H19N5. The van der Waals surface area contributed by atoms with Crippen LogP contribution in [0, 0.1) is 18.3 Å². The Balaban J connectivity index is 1.44. The number of nitriles is 1. The van der Waals surface area contributed by atoms with Crippen LogP contribution in [0.3, 0.4) is 0 Å². The van der Waals surface area contributed by atoms with E-state index in [4.69, 9.17) is 5.26 Å². The van der Waals surface area contributed by atoms with Crippen LogP contribution in [-0.4, -0.2) is 40.0 Å². The number of fused-ring (bicyclic) bond motifs is 2. The number of hydrogen-bond donors (Lipinski definition) is 0. The first kappa shape index (κ1) is 14.2. The maximum absolute atomic E-state index is 9.03. The molecule has 5 rings (SSSR count). The molecule has 3 fully saturated rings. The summed E-state index contributed by atoms with van der Waals surface area (Å²) in [5, 5.41) is 9.03. The van der Waals surface area contributed by atoms with E-state index in [1.807, 2.05) is 37.4 Å². The first-order valence-corrected chi connectivity index (χ1v) is 8.02. The molecule has 3 aliphatic rings. The molecule has 23 heavy (non-hydrogen) atoms. The molecule has 2 atom stereocenters. The molecule has 4 heterocycles. The molecule has 0 saturated carbocycles. The number of aryl methyl sites for hydroxylation is 1. The van der Waals surface area contributed by atoms with Crippen molar-refractivity contribution in [3.63, 3.8) is 0 Å². The molecule has 5 heteroatoms. The van der Waals surface area contributed by atoms with Gasteiger partial charge in [-0.05, 0) is 37.1 Å². The molecule has 116 valence electrons. The summed E-state index contributed by atoms with van der Waals surface area (Å²) in [6.45, 7) is 4.90. The SMILES string of the molecule is Cc1ccnc(N2CC3CC(C2)N3Cc2cccc(C#N)c2)n1. The monoisotopic (exact) mass is 305 g/mol. The molecule has 0 spiro atoms. The van der Waals surface area contributed by atoms with E-state index in [2.05, 4.69) is 31.9 Å². The van der Waals surface area contributed by atoms with E-state index in [9.17, 15) is 0 Å². The maximum Gasteiger partial charge on any atom is 0.225 e. The Morgan fingerprint density at radius 1 is 1.26 bits per heavy atom. The second-order valence-corrected chi connectivity index (χ2v) is 6.43. The van der Waals surface area contributed by atoms with E-state index in [-0.39, 0.29) is 0 Å². The van der Waals surface area contributed by atoms with Crippen molar-refractivity contribution in [1.82, 2.24) is 14.9 Å². The fraction of sp³-hybridized carbons (Fsp3) is 0.389. The summed E-state index contributed by atoms with van der Waals surface area (Å²) in [5.41, 5.74) is 2.97.